The summed E-state index contributed by atoms with van der Waals surface area (Å²) in [6, 6.07) is 4.46. The average molecular weight is 383 g/mol. The number of nitrogens with zero attached hydrogens (tertiary/aromatic N) is 2. The van der Waals surface area contributed by atoms with Crippen molar-refractivity contribution in [2.75, 3.05) is 11.9 Å². The molecule has 0 saturated carbocycles. The molecule has 0 atom stereocenters. The van der Waals surface area contributed by atoms with E-state index in [0.29, 0.717) is 10.7 Å². The Labute approximate surface area is 151 Å². The highest BCUT2D eigenvalue weighted by Crippen LogP contribution is 2.28. The fourth-order valence-electron chi connectivity index (χ4n) is 2.03. The van der Waals surface area contributed by atoms with Gasteiger partial charge in [0, 0.05) is 17.5 Å². The van der Waals surface area contributed by atoms with Gasteiger partial charge in [-0.2, -0.15) is 0 Å². The first-order chi connectivity index (χ1) is 11.5. The molecule has 2 aromatic rings. The summed E-state index contributed by atoms with van der Waals surface area (Å²) in [7, 11) is -3.63. The van der Waals surface area contributed by atoms with Gasteiger partial charge in [-0.05, 0) is 24.6 Å². The fraction of sp³-hybridized carbons (Fsp3) is 0.438. The van der Waals surface area contributed by atoms with Gasteiger partial charge in [0.15, 0.2) is 0 Å². The van der Waals surface area contributed by atoms with Gasteiger partial charge in [-0.15, -0.1) is 10.2 Å². The quantitative estimate of drug-likeness (QED) is 0.828. The number of nitrogens with one attached hydrogen (secondary N) is 2. The minimum atomic E-state index is -3.63. The smallest absolute Gasteiger partial charge is 0.257 e. The number of amides is 1. The third-order valence-corrected chi connectivity index (χ3v) is 6.19. The summed E-state index contributed by atoms with van der Waals surface area (Å²) >= 11 is 1.30. The van der Waals surface area contributed by atoms with E-state index < -0.39 is 15.9 Å². The molecular weight excluding hydrogens is 360 g/mol. The first-order valence-corrected chi connectivity index (χ1v) is 10.1. The summed E-state index contributed by atoms with van der Waals surface area (Å²) < 4.78 is 26.7. The number of rotatable bonds is 5. The molecule has 9 heteroatoms. The van der Waals surface area contributed by atoms with E-state index in [9.17, 15) is 13.2 Å². The molecule has 1 amide bonds. The lowest BCUT2D eigenvalue weighted by molar-refractivity contribution is 0.102. The number of aromatic nitrogens is 2. The Bertz CT molecular complexity index is 883. The van der Waals surface area contributed by atoms with E-state index in [4.69, 9.17) is 0 Å². The van der Waals surface area contributed by atoms with Crippen LogP contribution in [-0.2, 0) is 15.4 Å². The number of carbonyl (C=O) groups excluding carboxylic acids is 1. The molecule has 0 spiro atoms. The van der Waals surface area contributed by atoms with Gasteiger partial charge in [0.1, 0.15) is 5.01 Å². The Morgan fingerprint density at radius 3 is 2.48 bits per heavy atom. The maximum Gasteiger partial charge on any atom is 0.257 e. The van der Waals surface area contributed by atoms with Crippen molar-refractivity contribution >= 4 is 32.4 Å². The van der Waals surface area contributed by atoms with Gasteiger partial charge in [-0.3, -0.25) is 10.1 Å². The fourth-order valence-corrected chi connectivity index (χ4v) is 3.89. The van der Waals surface area contributed by atoms with E-state index in [1.54, 1.807) is 19.9 Å². The molecule has 7 nitrogen and oxygen atoms in total. The lowest BCUT2D eigenvalue weighted by atomic mass is 9.98. The molecule has 0 radical (unpaired) electrons. The molecule has 0 aliphatic rings. The zero-order valence-electron chi connectivity index (χ0n) is 14.9. The third-order valence-electron chi connectivity index (χ3n) is 3.39. The van der Waals surface area contributed by atoms with E-state index in [1.807, 2.05) is 20.8 Å². The van der Waals surface area contributed by atoms with E-state index in [1.165, 1.54) is 23.5 Å². The van der Waals surface area contributed by atoms with Crippen LogP contribution in [-0.4, -0.2) is 31.1 Å². The molecule has 2 N–H and O–H groups in total. The topological polar surface area (TPSA) is 101 Å². The highest BCUT2D eigenvalue weighted by Gasteiger charge is 2.21. The zero-order valence-corrected chi connectivity index (χ0v) is 16.5. The van der Waals surface area contributed by atoms with Crippen LogP contribution in [0.3, 0.4) is 0 Å². The number of hydrogen-bond donors (Lipinski definition) is 2. The van der Waals surface area contributed by atoms with E-state index in [2.05, 4.69) is 20.2 Å². The van der Waals surface area contributed by atoms with Crippen molar-refractivity contribution in [1.29, 1.82) is 0 Å². The SMILES string of the molecule is CCNS(=O)(=O)c1ccc(C)c(C(=O)Nc2nnc(C(C)(C)C)s2)c1. The van der Waals surface area contributed by atoms with Crippen molar-refractivity contribution in [2.45, 2.75) is 44.9 Å². The van der Waals surface area contributed by atoms with Gasteiger partial charge in [0.2, 0.25) is 15.2 Å². The monoisotopic (exact) mass is 382 g/mol. The highest BCUT2D eigenvalue weighted by molar-refractivity contribution is 7.89. The summed E-state index contributed by atoms with van der Waals surface area (Å²) in [5.74, 6) is -0.414. The van der Waals surface area contributed by atoms with Gasteiger partial charge >= 0.3 is 0 Å². The summed E-state index contributed by atoms with van der Waals surface area (Å²) in [5.41, 5.74) is 0.802. The van der Waals surface area contributed by atoms with Gasteiger partial charge in [0.25, 0.3) is 5.91 Å². The largest absolute Gasteiger partial charge is 0.296 e. The third kappa shape index (κ3) is 4.62. The molecule has 136 valence electrons. The molecule has 2 rings (SSSR count). The molecule has 0 aliphatic heterocycles. The van der Waals surface area contributed by atoms with Crippen LogP contribution in [0.1, 0.15) is 48.6 Å². The number of benzene rings is 1. The van der Waals surface area contributed by atoms with Crippen molar-refractivity contribution in [3.63, 3.8) is 0 Å². The van der Waals surface area contributed by atoms with Crippen molar-refractivity contribution in [3.8, 4) is 0 Å². The Morgan fingerprint density at radius 1 is 1.24 bits per heavy atom. The predicted octanol–water partition coefficient (Wildman–Crippen LogP) is 2.69. The summed E-state index contributed by atoms with van der Waals surface area (Å²) in [4.78, 5) is 12.6. The maximum absolute atomic E-state index is 12.5. The molecule has 0 saturated heterocycles. The Hall–Kier alpha value is -1.84. The number of sulfonamides is 1. The van der Waals surface area contributed by atoms with Crippen LogP contribution in [0, 0.1) is 6.92 Å². The summed E-state index contributed by atoms with van der Waals surface area (Å²) in [5, 5.41) is 12.0. The van der Waals surface area contributed by atoms with Crippen molar-refractivity contribution in [2.24, 2.45) is 0 Å². The standard InChI is InChI=1S/C16H22N4O3S2/c1-6-17-25(22,23)11-8-7-10(2)12(9-11)13(21)18-15-20-19-14(24-15)16(3,4)5/h7-9,17H,6H2,1-5H3,(H,18,20,21). The second kappa shape index (κ2) is 7.19. The lowest BCUT2D eigenvalue weighted by Gasteiger charge is -2.12. The van der Waals surface area contributed by atoms with Gasteiger partial charge in [-0.1, -0.05) is 45.1 Å². The van der Waals surface area contributed by atoms with Crippen molar-refractivity contribution in [1.82, 2.24) is 14.9 Å². The van der Waals surface area contributed by atoms with Gasteiger partial charge in [0.05, 0.1) is 4.90 Å². The predicted molar refractivity (Wildman–Crippen MR) is 98.6 cm³/mol. The molecule has 25 heavy (non-hydrogen) atoms. The van der Waals surface area contributed by atoms with Crippen LogP contribution < -0.4 is 10.0 Å². The van der Waals surface area contributed by atoms with Crippen LogP contribution in [0.25, 0.3) is 0 Å². The summed E-state index contributed by atoms with van der Waals surface area (Å²) in [6.07, 6.45) is 0. The number of anilines is 1. The van der Waals surface area contributed by atoms with Crippen LogP contribution in [0.4, 0.5) is 5.13 Å². The molecular formula is C16H22N4O3S2. The normalized spacial score (nSPS) is 12.2. The minimum absolute atomic E-state index is 0.0535. The molecule has 0 fully saturated rings. The van der Waals surface area contributed by atoms with Crippen molar-refractivity contribution < 1.29 is 13.2 Å². The molecule has 0 aliphatic carbocycles. The molecule has 1 heterocycles. The molecule has 1 aromatic carbocycles. The van der Waals surface area contributed by atoms with Crippen LogP contribution in [0.5, 0.6) is 0 Å². The maximum atomic E-state index is 12.5. The van der Waals surface area contributed by atoms with Crippen LogP contribution in [0.2, 0.25) is 0 Å². The second-order valence-corrected chi connectivity index (χ2v) is 9.34. The Balaban J connectivity index is 2.29. The van der Waals surface area contributed by atoms with Crippen LogP contribution >= 0.6 is 11.3 Å². The Kier molecular flexibility index (Phi) is 5.60. The van der Waals surface area contributed by atoms with E-state index in [-0.39, 0.29) is 22.4 Å². The van der Waals surface area contributed by atoms with Gasteiger partial charge in [-0.25, -0.2) is 13.1 Å². The second-order valence-electron chi connectivity index (χ2n) is 6.59. The molecule has 0 unspecified atom stereocenters. The average Bonchev–Trinajstić information content (AvgIpc) is 2.96. The number of aryl methyl sites for hydroxylation is 1. The number of hydrogen-bond acceptors (Lipinski definition) is 6. The first kappa shape index (κ1) is 19.5. The molecule has 1 aromatic heterocycles. The lowest BCUT2D eigenvalue weighted by Crippen LogP contribution is -2.24. The Morgan fingerprint density at radius 2 is 1.92 bits per heavy atom. The van der Waals surface area contributed by atoms with E-state index >= 15 is 0 Å². The zero-order chi connectivity index (χ0) is 18.8. The van der Waals surface area contributed by atoms with Gasteiger partial charge < -0.3 is 0 Å². The van der Waals surface area contributed by atoms with Crippen LogP contribution in [0.15, 0.2) is 23.1 Å². The minimum Gasteiger partial charge on any atom is -0.296 e. The highest BCUT2D eigenvalue weighted by atomic mass is 32.2. The summed E-state index contributed by atoms with van der Waals surface area (Å²) in [6.45, 7) is 9.76. The molecule has 0 bridgehead atoms. The first-order valence-electron chi connectivity index (χ1n) is 7.80. The van der Waals surface area contributed by atoms with Crippen molar-refractivity contribution in [3.05, 3.63) is 34.3 Å². The number of carbonyl (C=O) groups is 1. The van der Waals surface area contributed by atoms with E-state index in [0.717, 1.165) is 5.01 Å².